The largest absolute Gasteiger partial charge is 0.481 e. The zero-order valence-corrected chi connectivity index (χ0v) is 21.9. The van der Waals surface area contributed by atoms with E-state index in [1.165, 1.54) is 12.1 Å². The summed E-state index contributed by atoms with van der Waals surface area (Å²) >= 11 is 5.90. The fraction of sp³-hybridized carbons (Fsp3) is 0.423. The van der Waals surface area contributed by atoms with Gasteiger partial charge in [0.1, 0.15) is 11.6 Å². The number of H-pyrrole nitrogens is 1. The SMILES string of the molecule is CC[C@@H]1C[C@](Cc2nc(Nc3cc(C)[nH]n3)cc(C(F)(F)F)c2F)(C(=O)O)CCN1Cc1cccc(Cl)c1F. The fourth-order valence-electron chi connectivity index (χ4n) is 5.06. The summed E-state index contributed by atoms with van der Waals surface area (Å²) in [5.41, 5.74) is -2.76. The Kier molecular flexibility index (Phi) is 8.17. The summed E-state index contributed by atoms with van der Waals surface area (Å²) in [4.78, 5) is 18.5. The Morgan fingerprint density at radius 2 is 2.00 bits per heavy atom. The molecule has 3 heterocycles. The molecule has 1 saturated heterocycles. The van der Waals surface area contributed by atoms with Crippen molar-refractivity contribution in [2.45, 2.75) is 58.3 Å². The second kappa shape index (κ2) is 11.1. The lowest BCUT2D eigenvalue weighted by atomic mass is 9.71. The van der Waals surface area contributed by atoms with Gasteiger partial charge in [-0.3, -0.25) is 14.8 Å². The van der Waals surface area contributed by atoms with Gasteiger partial charge in [0.25, 0.3) is 0 Å². The minimum atomic E-state index is -5.04. The van der Waals surface area contributed by atoms with Crippen molar-refractivity contribution in [2.24, 2.45) is 5.41 Å². The third-order valence-corrected chi connectivity index (χ3v) is 7.44. The van der Waals surface area contributed by atoms with Gasteiger partial charge in [-0.25, -0.2) is 13.8 Å². The number of hydrogen-bond acceptors (Lipinski definition) is 5. The number of halogens is 6. The van der Waals surface area contributed by atoms with Crippen molar-refractivity contribution >= 4 is 29.2 Å². The molecule has 7 nitrogen and oxygen atoms in total. The fourth-order valence-corrected chi connectivity index (χ4v) is 5.25. The quantitative estimate of drug-likeness (QED) is 0.267. The number of nitrogens with one attached hydrogen (secondary N) is 2. The number of nitrogens with zero attached hydrogens (tertiary/aromatic N) is 3. The lowest BCUT2D eigenvalue weighted by molar-refractivity contribution is -0.154. The van der Waals surface area contributed by atoms with Crippen LogP contribution < -0.4 is 5.32 Å². The maximum atomic E-state index is 15.2. The number of likely N-dealkylation sites (tertiary alicyclic amines) is 1. The van der Waals surface area contributed by atoms with Crippen molar-refractivity contribution in [3.8, 4) is 0 Å². The topological polar surface area (TPSA) is 94.1 Å². The van der Waals surface area contributed by atoms with Gasteiger partial charge in [0.15, 0.2) is 11.6 Å². The van der Waals surface area contributed by atoms with Crippen LogP contribution in [0.25, 0.3) is 0 Å². The highest BCUT2D eigenvalue weighted by Gasteiger charge is 2.47. The molecule has 0 saturated carbocycles. The molecule has 210 valence electrons. The minimum absolute atomic E-state index is 0.000291. The van der Waals surface area contributed by atoms with Crippen LogP contribution in [-0.4, -0.2) is 43.7 Å². The third kappa shape index (κ3) is 6.17. The van der Waals surface area contributed by atoms with Crippen LogP contribution in [0.15, 0.2) is 30.3 Å². The average molecular weight is 572 g/mol. The first kappa shape index (κ1) is 28.8. The second-order valence-corrected chi connectivity index (χ2v) is 10.2. The van der Waals surface area contributed by atoms with E-state index in [1.54, 1.807) is 19.1 Å². The molecule has 39 heavy (non-hydrogen) atoms. The number of benzene rings is 1. The number of carbonyl (C=O) groups is 1. The zero-order chi connectivity index (χ0) is 28.5. The summed E-state index contributed by atoms with van der Waals surface area (Å²) in [5.74, 6) is -3.57. The van der Waals surface area contributed by atoms with E-state index in [0.29, 0.717) is 23.7 Å². The number of anilines is 2. The molecule has 2 aromatic heterocycles. The normalized spacial score (nSPS) is 20.3. The molecular weight excluding hydrogens is 545 g/mol. The van der Waals surface area contributed by atoms with E-state index in [-0.39, 0.29) is 48.6 Å². The van der Waals surface area contributed by atoms with Gasteiger partial charge in [-0.2, -0.15) is 18.3 Å². The number of aliphatic carboxylic acids is 1. The highest BCUT2D eigenvalue weighted by molar-refractivity contribution is 6.30. The van der Waals surface area contributed by atoms with Crippen LogP contribution in [0.1, 0.15) is 48.7 Å². The van der Waals surface area contributed by atoms with Crippen LogP contribution in [0.5, 0.6) is 0 Å². The number of aromatic amines is 1. The summed E-state index contributed by atoms with van der Waals surface area (Å²) < 4.78 is 71.0. The number of carboxylic acid groups (broad SMARTS) is 1. The Hall–Kier alpha value is -3.25. The Morgan fingerprint density at radius 1 is 1.26 bits per heavy atom. The van der Waals surface area contributed by atoms with Gasteiger partial charge in [0.2, 0.25) is 0 Å². The van der Waals surface area contributed by atoms with Gasteiger partial charge in [0.05, 0.1) is 21.7 Å². The predicted molar refractivity (Wildman–Crippen MR) is 135 cm³/mol. The van der Waals surface area contributed by atoms with Crippen LogP contribution in [0.3, 0.4) is 0 Å². The van der Waals surface area contributed by atoms with Crippen LogP contribution in [-0.2, 0) is 23.9 Å². The maximum Gasteiger partial charge on any atom is 0.419 e. The Balaban J connectivity index is 1.65. The van der Waals surface area contributed by atoms with E-state index < -0.39 is 46.9 Å². The molecular formula is C26H27ClF5N5O2. The summed E-state index contributed by atoms with van der Waals surface area (Å²) in [6.45, 7) is 3.90. The minimum Gasteiger partial charge on any atom is -0.481 e. The first-order valence-electron chi connectivity index (χ1n) is 12.3. The monoisotopic (exact) mass is 571 g/mol. The second-order valence-electron chi connectivity index (χ2n) is 9.84. The molecule has 4 rings (SSSR count). The van der Waals surface area contributed by atoms with Crippen LogP contribution >= 0.6 is 11.6 Å². The number of carboxylic acids is 1. The molecule has 2 atom stereocenters. The molecule has 0 amide bonds. The van der Waals surface area contributed by atoms with Crippen molar-refractivity contribution < 1.29 is 31.9 Å². The molecule has 13 heteroatoms. The third-order valence-electron chi connectivity index (χ3n) is 7.15. The van der Waals surface area contributed by atoms with Crippen molar-refractivity contribution in [2.75, 3.05) is 11.9 Å². The molecule has 1 fully saturated rings. The van der Waals surface area contributed by atoms with Crippen LogP contribution in [0.4, 0.5) is 33.6 Å². The molecule has 3 aromatic rings. The van der Waals surface area contributed by atoms with Crippen molar-refractivity contribution in [1.29, 1.82) is 0 Å². The Labute approximate surface area is 226 Å². The molecule has 0 bridgehead atoms. The van der Waals surface area contributed by atoms with Crippen LogP contribution in [0.2, 0.25) is 5.02 Å². The van der Waals surface area contributed by atoms with E-state index in [0.717, 1.165) is 0 Å². The standard InChI is InChI=1S/C26H27ClF5N5O2/c1-3-16-11-25(24(38)39,7-8-37(16)13-15-5-4-6-18(27)22(15)28)12-19-23(29)17(26(30,31)32)10-20(33-19)34-21-9-14(2)35-36-21/h4-6,9-10,16H,3,7-8,11-13H2,1-2H3,(H,38,39)(H2,33,34,35,36)/t16-,25-/m1/s1. The lowest BCUT2D eigenvalue weighted by Crippen LogP contribution is -2.50. The molecule has 1 aliphatic rings. The van der Waals surface area contributed by atoms with Gasteiger partial charge in [-0.05, 0) is 44.9 Å². The Bertz CT molecular complexity index is 1360. The number of alkyl halides is 3. The van der Waals surface area contributed by atoms with E-state index >= 15 is 4.39 Å². The summed E-state index contributed by atoms with van der Waals surface area (Å²) in [5, 5.41) is 19.4. The van der Waals surface area contributed by atoms with E-state index in [4.69, 9.17) is 11.6 Å². The smallest absolute Gasteiger partial charge is 0.419 e. The molecule has 0 unspecified atom stereocenters. The summed E-state index contributed by atoms with van der Waals surface area (Å²) in [7, 11) is 0. The van der Waals surface area contributed by atoms with Crippen LogP contribution in [0, 0.1) is 24.0 Å². The molecule has 1 aromatic carbocycles. The van der Waals surface area contributed by atoms with Gasteiger partial charge < -0.3 is 10.4 Å². The van der Waals surface area contributed by atoms with E-state index in [1.807, 2.05) is 11.8 Å². The van der Waals surface area contributed by atoms with Gasteiger partial charge in [-0.1, -0.05) is 30.7 Å². The number of aromatic nitrogens is 3. The molecule has 3 N–H and O–H groups in total. The molecule has 0 aliphatic carbocycles. The van der Waals surface area contributed by atoms with Crippen molar-refractivity contribution in [3.05, 3.63) is 69.5 Å². The number of pyridine rings is 1. The average Bonchev–Trinajstić information content (AvgIpc) is 3.28. The number of aryl methyl sites for hydroxylation is 1. The van der Waals surface area contributed by atoms with E-state index in [2.05, 4.69) is 20.5 Å². The number of piperidine rings is 1. The van der Waals surface area contributed by atoms with Crippen molar-refractivity contribution in [3.63, 3.8) is 0 Å². The highest BCUT2D eigenvalue weighted by atomic mass is 35.5. The first-order valence-corrected chi connectivity index (χ1v) is 12.7. The first-order chi connectivity index (χ1) is 18.3. The molecule has 0 spiro atoms. The predicted octanol–water partition coefficient (Wildman–Crippen LogP) is 6.50. The highest BCUT2D eigenvalue weighted by Crippen LogP contribution is 2.42. The molecule has 0 radical (unpaired) electrons. The zero-order valence-electron chi connectivity index (χ0n) is 21.2. The summed E-state index contributed by atoms with van der Waals surface area (Å²) in [6, 6.07) is 6.34. The Morgan fingerprint density at radius 3 is 2.62 bits per heavy atom. The number of rotatable bonds is 8. The van der Waals surface area contributed by atoms with Gasteiger partial charge >= 0.3 is 12.1 Å². The van der Waals surface area contributed by atoms with Gasteiger partial charge in [0, 0.05) is 36.3 Å². The van der Waals surface area contributed by atoms with Gasteiger partial charge in [-0.15, -0.1) is 0 Å². The summed E-state index contributed by atoms with van der Waals surface area (Å²) in [6.07, 6.45) is -5.09. The number of hydrogen-bond donors (Lipinski definition) is 3. The molecule has 1 aliphatic heterocycles. The van der Waals surface area contributed by atoms with E-state index in [9.17, 15) is 27.5 Å². The van der Waals surface area contributed by atoms with Crippen molar-refractivity contribution in [1.82, 2.24) is 20.1 Å². The lowest BCUT2D eigenvalue weighted by Gasteiger charge is -2.44. The maximum absolute atomic E-state index is 15.2.